The van der Waals surface area contributed by atoms with Crippen LogP contribution in [-0.2, 0) is 11.3 Å². The Kier molecular flexibility index (Phi) is 7.73. The number of hydrogen-bond acceptors (Lipinski definition) is 5. The van der Waals surface area contributed by atoms with E-state index in [0.717, 1.165) is 68.0 Å². The molecule has 1 aliphatic carbocycles. The molecule has 5 rings (SSSR count). The number of fused-ring (bicyclic) bond motifs is 1. The van der Waals surface area contributed by atoms with Gasteiger partial charge in [0.15, 0.2) is 0 Å². The maximum atomic E-state index is 13.4. The summed E-state index contributed by atoms with van der Waals surface area (Å²) >= 11 is 0. The first-order chi connectivity index (χ1) is 17.7. The zero-order valence-electron chi connectivity index (χ0n) is 21.7. The van der Waals surface area contributed by atoms with Crippen molar-refractivity contribution >= 4 is 22.8 Å². The molecular formula is C29H39N5O2. The normalized spacial score (nSPS) is 18.9. The number of carbonyl (C=O) groups excluding carboxylic acids is 1. The predicted molar refractivity (Wildman–Crippen MR) is 144 cm³/mol. The van der Waals surface area contributed by atoms with E-state index in [1.54, 1.807) is 7.11 Å². The molecule has 7 nitrogen and oxygen atoms in total. The number of pyridine rings is 1. The average molecular weight is 490 g/mol. The number of hydrogen-bond donors (Lipinski definition) is 0. The van der Waals surface area contributed by atoms with Gasteiger partial charge in [-0.25, -0.2) is 4.98 Å². The molecule has 7 heteroatoms. The van der Waals surface area contributed by atoms with E-state index >= 15 is 0 Å². The molecule has 0 spiro atoms. The molecule has 1 atom stereocenters. The Labute approximate surface area is 214 Å². The fourth-order valence-corrected chi connectivity index (χ4v) is 6.11. The Morgan fingerprint density at radius 3 is 2.67 bits per heavy atom. The zero-order valence-corrected chi connectivity index (χ0v) is 21.7. The van der Waals surface area contributed by atoms with Crippen LogP contribution < -0.4 is 9.64 Å². The van der Waals surface area contributed by atoms with Gasteiger partial charge in [0.1, 0.15) is 11.6 Å². The van der Waals surface area contributed by atoms with E-state index in [1.165, 1.54) is 19.3 Å². The Balaban J connectivity index is 1.36. The number of benzene rings is 1. The van der Waals surface area contributed by atoms with Crippen LogP contribution in [0.2, 0.25) is 0 Å². The first-order valence-corrected chi connectivity index (χ1v) is 13.7. The van der Waals surface area contributed by atoms with Crippen LogP contribution in [0.4, 0.5) is 5.82 Å². The van der Waals surface area contributed by atoms with E-state index in [-0.39, 0.29) is 11.8 Å². The molecule has 36 heavy (non-hydrogen) atoms. The minimum atomic E-state index is 0.277. The van der Waals surface area contributed by atoms with E-state index in [4.69, 9.17) is 9.72 Å². The van der Waals surface area contributed by atoms with Crippen molar-refractivity contribution in [2.45, 2.75) is 76.8 Å². The SMILES string of the molecule is CCN(C(=O)CCn1c(C2CCCN(c3cccc(OC)n3)C2)nc2ccccc21)C1CCCCC1. The highest BCUT2D eigenvalue weighted by molar-refractivity contribution is 5.78. The summed E-state index contributed by atoms with van der Waals surface area (Å²) in [5.41, 5.74) is 2.13. The Bertz CT molecular complexity index is 1170. The molecule has 3 aromatic rings. The maximum absolute atomic E-state index is 13.4. The predicted octanol–water partition coefficient (Wildman–Crippen LogP) is 5.40. The summed E-state index contributed by atoms with van der Waals surface area (Å²) in [6, 6.07) is 14.7. The van der Waals surface area contributed by atoms with Crippen molar-refractivity contribution in [3.63, 3.8) is 0 Å². The molecule has 1 aliphatic heterocycles. The van der Waals surface area contributed by atoms with Gasteiger partial charge in [-0.2, -0.15) is 4.98 Å². The maximum Gasteiger partial charge on any atom is 0.224 e. The lowest BCUT2D eigenvalue weighted by atomic mass is 9.94. The van der Waals surface area contributed by atoms with Crippen LogP contribution in [-0.4, -0.2) is 58.1 Å². The Morgan fingerprint density at radius 2 is 1.86 bits per heavy atom. The lowest BCUT2D eigenvalue weighted by Crippen LogP contribution is -2.41. The molecule has 192 valence electrons. The highest BCUT2D eigenvalue weighted by Crippen LogP contribution is 2.32. The molecular weight excluding hydrogens is 450 g/mol. The zero-order chi connectivity index (χ0) is 24.9. The van der Waals surface area contributed by atoms with Crippen LogP contribution in [0.1, 0.15) is 70.0 Å². The van der Waals surface area contributed by atoms with Crippen LogP contribution in [0.3, 0.4) is 0 Å². The summed E-state index contributed by atoms with van der Waals surface area (Å²) in [6.45, 7) is 5.43. The van der Waals surface area contributed by atoms with Gasteiger partial charge in [-0.1, -0.05) is 37.5 Å². The lowest BCUT2D eigenvalue weighted by Gasteiger charge is -2.34. The molecule has 0 radical (unpaired) electrons. The van der Waals surface area contributed by atoms with Gasteiger partial charge in [0.25, 0.3) is 0 Å². The molecule has 2 aromatic heterocycles. The van der Waals surface area contributed by atoms with Crippen molar-refractivity contribution in [1.29, 1.82) is 0 Å². The second-order valence-electron chi connectivity index (χ2n) is 10.2. The topological polar surface area (TPSA) is 63.5 Å². The third kappa shape index (κ3) is 5.20. The van der Waals surface area contributed by atoms with Gasteiger partial charge in [-0.3, -0.25) is 4.79 Å². The van der Waals surface area contributed by atoms with Crippen LogP contribution >= 0.6 is 0 Å². The number of methoxy groups -OCH3 is 1. The quantitative estimate of drug-likeness (QED) is 0.424. The highest BCUT2D eigenvalue weighted by atomic mass is 16.5. The van der Waals surface area contributed by atoms with E-state index in [1.807, 2.05) is 18.2 Å². The third-order valence-corrected chi connectivity index (χ3v) is 7.94. The van der Waals surface area contributed by atoms with Gasteiger partial charge >= 0.3 is 0 Å². The molecule has 1 saturated heterocycles. The third-order valence-electron chi connectivity index (χ3n) is 7.94. The first-order valence-electron chi connectivity index (χ1n) is 13.7. The molecule has 0 bridgehead atoms. The van der Waals surface area contributed by atoms with E-state index in [0.29, 0.717) is 24.9 Å². The van der Waals surface area contributed by atoms with Crippen LogP contribution in [0, 0.1) is 0 Å². The molecule has 1 unspecified atom stereocenters. The second-order valence-corrected chi connectivity index (χ2v) is 10.2. The standard InChI is InChI=1S/C29H39N5O2/c1-3-33(23-12-5-4-6-13-23)28(35)18-20-34-25-15-8-7-14-24(25)30-29(34)22-11-10-19-32(21-22)26-16-9-17-27(31-26)36-2/h7-9,14-17,22-23H,3-6,10-13,18-21H2,1-2H3. The van der Waals surface area contributed by atoms with Gasteiger partial charge in [-0.05, 0) is 50.8 Å². The average Bonchev–Trinajstić information content (AvgIpc) is 3.31. The number of imidazole rings is 1. The summed E-state index contributed by atoms with van der Waals surface area (Å²) in [5, 5.41) is 0. The van der Waals surface area contributed by atoms with Crippen molar-refractivity contribution in [2.75, 3.05) is 31.6 Å². The minimum absolute atomic E-state index is 0.277. The molecule has 1 aromatic carbocycles. The number of nitrogens with zero attached hydrogens (tertiary/aromatic N) is 5. The number of piperidine rings is 1. The van der Waals surface area contributed by atoms with Crippen molar-refractivity contribution < 1.29 is 9.53 Å². The Morgan fingerprint density at radius 1 is 1.03 bits per heavy atom. The van der Waals surface area contributed by atoms with Gasteiger partial charge in [0.05, 0.1) is 18.1 Å². The van der Waals surface area contributed by atoms with Gasteiger partial charge < -0.3 is 19.1 Å². The molecule has 3 heterocycles. The fourth-order valence-electron chi connectivity index (χ4n) is 6.11. The number of anilines is 1. The monoisotopic (exact) mass is 489 g/mol. The summed E-state index contributed by atoms with van der Waals surface area (Å²) in [4.78, 5) is 27.6. The highest BCUT2D eigenvalue weighted by Gasteiger charge is 2.28. The number of aryl methyl sites for hydroxylation is 1. The van der Waals surface area contributed by atoms with E-state index in [9.17, 15) is 4.79 Å². The van der Waals surface area contributed by atoms with E-state index in [2.05, 4.69) is 50.5 Å². The van der Waals surface area contributed by atoms with Crippen molar-refractivity contribution in [1.82, 2.24) is 19.4 Å². The van der Waals surface area contributed by atoms with Crippen molar-refractivity contribution in [3.05, 3.63) is 48.3 Å². The first kappa shape index (κ1) is 24.6. The van der Waals surface area contributed by atoms with Crippen LogP contribution in [0.25, 0.3) is 11.0 Å². The Hall–Kier alpha value is -3.09. The summed E-state index contributed by atoms with van der Waals surface area (Å²) in [5.74, 6) is 3.24. The van der Waals surface area contributed by atoms with Crippen molar-refractivity contribution in [3.8, 4) is 5.88 Å². The number of para-hydroxylation sites is 2. The van der Waals surface area contributed by atoms with E-state index < -0.39 is 0 Å². The van der Waals surface area contributed by atoms with Crippen molar-refractivity contribution in [2.24, 2.45) is 0 Å². The summed E-state index contributed by atoms with van der Waals surface area (Å²) in [6.07, 6.45) is 8.76. The second kappa shape index (κ2) is 11.3. The number of aromatic nitrogens is 3. The number of amides is 1. The number of rotatable bonds is 8. The largest absolute Gasteiger partial charge is 0.481 e. The number of carbonyl (C=O) groups is 1. The van der Waals surface area contributed by atoms with Gasteiger partial charge in [0.2, 0.25) is 11.8 Å². The van der Waals surface area contributed by atoms with Crippen LogP contribution in [0.5, 0.6) is 5.88 Å². The lowest BCUT2D eigenvalue weighted by molar-refractivity contribution is -0.134. The molecule has 2 fully saturated rings. The smallest absolute Gasteiger partial charge is 0.224 e. The molecule has 1 amide bonds. The molecule has 0 N–H and O–H groups in total. The van der Waals surface area contributed by atoms with Crippen LogP contribution in [0.15, 0.2) is 42.5 Å². The summed E-state index contributed by atoms with van der Waals surface area (Å²) in [7, 11) is 1.66. The molecule has 1 saturated carbocycles. The minimum Gasteiger partial charge on any atom is -0.481 e. The van der Waals surface area contributed by atoms with Gasteiger partial charge in [-0.15, -0.1) is 0 Å². The fraction of sp³-hybridized carbons (Fsp3) is 0.552. The number of ether oxygens (including phenoxy) is 1. The summed E-state index contributed by atoms with van der Waals surface area (Å²) < 4.78 is 7.67. The van der Waals surface area contributed by atoms with Gasteiger partial charge in [0, 0.05) is 50.6 Å². The molecule has 2 aliphatic rings.